The second-order valence-corrected chi connectivity index (χ2v) is 11.2. The minimum atomic E-state index is -0.719. The Balaban J connectivity index is 1.77. The number of likely N-dealkylation sites (tertiary alicyclic amines) is 1. The Hall–Kier alpha value is -3.58. The predicted molar refractivity (Wildman–Crippen MR) is 152 cm³/mol. The first-order chi connectivity index (χ1) is 18.0. The molecule has 198 valence electrons. The van der Waals surface area contributed by atoms with Crippen LogP contribution in [-0.4, -0.2) is 42.5 Å². The highest BCUT2D eigenvalue weighted by Gasteiger charge is 2.46. The molecule has 0 bridgehead atoms. The summed E-state index contributed by atoms with van der Waals surface area (Å²) in [6.07, 6.45) is 0.543. The van der Waals surface area contributed by atoms with E-state index >= 15 is 0 Å². The van der Waals surface area contributed by atoms with Crippen LogP contribution in [0.2, 0.25) is 0 Å². The first-order valence-corrected chi connectivity index (χ1v) is 13.2. The van der Waals surface area contributed by atoms with Crippen molar-refractivity contribution in [2.45, 2.75) is 38.6 Å². The van der Waals surface area contributed by atoms with Crippen molar-refractivity contribution < 1.29 is 24.2 Å². The molecule has 38 heavy (non-hydrogen) atoms. The molecule has 3 aromatic rings. The van der Waals surface area contributed by atoms with Gasteiger partial charge in [0.15, 0.2) is 0 Å². The molecule has 1 heterocycles. The van der Waals surface area contributed by atoms with Crippen LogP contribution >= 0.6 is 15.9 Å². The Morgan fingerprint density at radius 1 is 0.947 bits per heavy atom. The number of carbonyl (C=O) groups excluding carboxylic acids is 2. The number of nitrogens with zero attached hydrogens (tertiary/aromatic N) is 1. The summed E-state index contributed by atoms with van der Waals surface area (Å²) in [4.78, 5) is 28.3. The van der Waals surface area contributed by atoms with Crippen molar-refractivity contribution in [3.63, 3.8) is 0 Å². The fourth-order valence-electron chi connectivity index (χ4n) is 4.63. The minimum Gasteiger partial charge on any atom is -0.507 e. The number of rotatable bonds is 7. The van der Waals surface area contributed by atoms with E-state index in [4.69, 9.17) is 9.47 Å². The van der Waals surface area contributed by atoms with Crippen molar-refractivity contribution in [2.24, 2.45) is 0 Å². The summed E-state index contributed by atoms with van der Waals surface area (Å²) in [7, 11) is 3.16. The molecule has 0 spiro atoms. The molecule has 3 aromatic carbocycles. The molecule has 4 rings (SSSR count). The number of carbonyl (C=O) groups is 2. The van der Waals surface area contributed by atoms with E-state index in [2.05, 4.69) is 36.7 Å². The largest absolute Gasteiger partial charge is 0.507 e. The number of aliphatic hydroxyl groups is 1. The van der Waals surface area contributed by atoms with Crippen LogP contribution in [-0.2, 0) is 21.4 Å². The molecule has 1 aliphatic rings. The van der Waals surface area contributed by atoms with Gasteiger partial charge in [-0.05, 0) is 74.8 Å². The zero-order chi connectivity index (χ0) is 27.6. The lowest BCUT2D eigenvalue weighted by Gasteiger charge is -2.26. The quantitative estimate of drug-likeness (QED) is 0.199. The van der Waals surface area contributed by atoms with Crippen molar-refractivity contribution in [3.05, 3.63) is 99.0 Å². The molecule has 0 aliphatic carbocycles. The summed E-state index contributed by atoms with van der Waals surface area (Å²) < 4.78 is 11.2. The zero-order valence-electron chi connectivity index (χ0n) is 22.2. The summed E-state index contributed by atoms with van der Waals surface area (Å²) in [5.74, 6) is -0.204. The highest BCUT2D eigenvalue weighted by Crippen LogP contribution is 2.41. The summed E-state index contributed by atoms with van der Waals surface area (Å²) >= 11 is 3.44. The van der Waals surface area contributed by atoms with E-state index in [0.717, 1.165) is 22.4 Å². The molecule has 1 aliphatic heterocycles. The topological polar surface area (TPSA) is 76.1 Å². The van der Waals surface area contributed by atoms with Crippen molar-refractivity contribution in [1.29, 1.82) is 0 Å². The van der Waals surface area contributed by atoms with Gasteiger partial charge in [0, 0.05) is 12.1 Å². The van der Waals surface area contributed by atoms with E-state index in [9.17, 15) is 14.7 Å². The Bertz CT molecular complexity index is 1370. The Labute approximate surface area is 232 Å². The second kappa shape index (κ2) is 11.0. The van der Waals surface area contributed by atoms with Crippen LogP contribution in [0.4, 0.5) is 0 Å². The zero-order valence-corrected chi connectivity index (χ0v) is 23.8. The van der Waals surface area contributed by atoms with Gasteiger partial charge in [0.2, 0.25) is 0 Å². The predicted octanol–water partition coefficient (Wildman–Crippen LogP) is 6.43. The monoisotopic (exact) mass is 577 g/mol. The van der Waals surface area contributed by atoms with Gasteiger partial charge in [0.05, 0.1) is 30.3 Å². The number of benzene rings is 3. The molecule has 0 radical (unpaired) electrons. The third-order valence-corrected chi connectivity index (χ3v) is 7.48. The number of aliphatic hydroxyl groups excluding tert-OH is 1. The van der Waals surface area contributed by atoms with Crippen molar-refractivity contribution >= 4 is 33.4 Å². The molecule has 1 amide bonds. The van der Waals surface area contributed by atoms with Gasteiger partial charge in [-0.1, -0.05) is 57.2 Å². The molecule has 1 saturated heterocycles. The minimum absolute atomic E-state index is 0.0515. The molecular formula is C31H32BrNO5. The molecule has 0 saturated carbocycles. The van der Waals surface area contributed by atoms with Gasteiger partial charge in [0.25, 0.3) is 11.7 Å². The van der Waals surface area contributed by atoms with Gasteiger partial charge in [-0.3, -0.25) is 9.59 Å². The number of ether oxygens (including phenoxy) is 2. The molecule has 1 N–H and O–H groups in total. The van der Waals surface area contributed by atoms with E-state index in [0.29, 0.717) is 28.8 Å². The lowest BCUT2D eigenvalue weighted by molar-refractivity contribution is -0.139. The Morgan fingerprint density at radius 3 is 2.16 bits per heavy atom. The highest BCUT2D eigenvalue weighted by atomic mass is 79.9. The number of Topliss-reactive ketones (excluding diaryl/α,β-unsaturated/α-hetero) is 1. The fourth-order valence-corrected chi connectivity index (χ4v) is 5.17. The number of ketones is 1. The maximum Gasteiger partial charge on any atom is 0.295 e. The first-order valence-electron chi connectivity index (χ1n) is 12.4. The maximum atomic E-state index is 13.4. The average Bonchev–Trinajstić information content (AvgIpc) is 3.16. The number of halogens is 1. The van der Waals surface area contributed by atoms with Crippen LogP contribution in [0, 0.1) is 0 Å². The van der Waals surface area contributed by atoms with Crippen molar-refractivity contribution in [2.75, 3.05) is 20.8 Å². The van der Waals surface area contributed by atoms with Gasteiger partial charge >= 0.3 is 0 Å². The van der Waals surface area contributed by atoms with Crippen molar-refractivity contribution in [1.82, 2.24) is 4.90 Å². The molecule has 1 unspecified atom stereocenters. The lowest BCUT2D eigenvalue weighted by Crippen LogP contribution is -2.31. The van der Waals surface area contributed by atoms with Gasteiger partial charge in [0.1, 0.15) is 17.3 Å². The molecule has 7 heteroatoms. The number of hydrogen-bond acceptors (Lipinski definition) is 5. The van der Waals surface area contributed by atoms with Crippen LogP contribution in [0.15, 0.2) is 76.8 Å². The number of hydrogen-bond donors (Lipinski definition) is 1. The average molecular weight is 579 g/mol. The highest BCUT2D eigenvalue weighted by molar-refractivity contribution is 9.10. The third kappa shape index (κ3) is 5.48. The van der Waals surface area contributed by atoms with E-state index in [1.165, 1.54) is 0 Å². The van der Waals surface area contributed by atoms with Crippen LogP contribution in [0.1, 0.15) is 49.1 Å². The van der Waals surface area contributed by atoms with Gasteiger partial charge in [-0.2, -0.15) is 0 Å². The van der Waals surface area contributed by atoms with E-state index in [-0.39, 0.29) is 16.7 Å². The van der Waals surface area contributed by atoms with Crippen molar-refractivity contribution in [3.8, 4) is 11.5 Å². The fraction of sp³-hybridized carbons (Fsp3) is 0.290. The SMILES string of the molecule is COc1ccc(CCN2C(=O)C(=O)/C(=C(\O)c3ccc(OC)c(Br)c3)C2c2ccc(C(C)(C)C)cc2)cc1. The first kappa shape index (κ1) is 27.5. The Kier molecular flexibility index (Phi) is 7.97. The van der Waals surface area contributed by atoms with Crippen LogP contribution in [0.3, 0.4) is 0 Å². The van der Waals surface area contributed by atoms with E-state index < -0.39 is 17.7 Å². The number of methoxy groups -OCH3 is 2. The Morgan fingerprint density at radius 2 is 1.61 bits per heavy atom. The summed E-state index contributed by atoms with van der Waals surface area (Å²) in [5, 5.41) is 11.4. The molecule has 1 atom stereocenters. The summed E-state index contributed by atoms with van der Waals surface area (Å²) in [6, 6.07) is 19.9. The molecule has 6 nitrogen and oxygen atoms in total. The lowest BCUT2D eigenvalue weighted by atomic mass is 9.85. The van der Waals surface area contributed by atoms with Crippen LogP contribution in [0.25, 0.3) is 5.76 Å². The van der Waals surface area contributed by atoms with Gasteiger partial charge in [-0.25, -0.2) is 0 Å². The smallest absolute Gasteiger partial charge is 0.295 e. The van der Waals surface area contributed by atoms with Gasteiger partial charge in [-0.15, -0.1) is 0 Å². The maximum absolute atomic E-state index is 13.4. The molecule has 0 aromatic heterocycles. The molecular weight excluding hydrogens is 546 g/mol. The van der Waals surface area contributed by atoms with Crippen LogP contribution < -0.4 is 9.47 Å². The van der Waals surface area contributed by atoms with Crippen LogP contribution in [0.5, 0.6) is 11.5 Å². The van der Waals surface area contributed by atoms with E-state index in [1.807, 2.05) is 48.5 Å². The summed E-state index contributed by atoms with van der Waals surface area (Å²) in [5.41, 5.74) is 3.35. The van der Waals surface area contributed by atoms with Gasteiger partial charge < -0.3 is 19.5 Å². The third-order valence-electron chi connectivity index (χ3n) is 6.86. The second-order valence-electron chi connectivity index (χ2n) is 10.3. The summed E-state index contributed by atoms with van der Waals surface area (Å²) in [6.45, 7) is 6.70. The normalized spacial score (nSPS) is 17.1. The standard InChI is InChI=1S/C31H32BrNO5/c1-31(2,3)22-11-8-20(9-12-22)27-26(28(34)21-10-15-25(38-5)24(32)18-21)29(35)30(36)33(27)17-16-19-6-13-23(37-4)14-7-19/h6-15,18,27,34H,16-17H2,1-5H3/b28-26-. The molecule has 1 fully saturated rings. The van der Waals surface area contributed by atoms with E-state index in [1.54, 1.807) is 37.3 Å². The number of amides is 1.